The molecule has 1 aromatic carbocycles. The average Bonchev–Trinajstić information content (AvgIpc) is 2.68. The largest absolute Gasteiger partial charge is 0.388 e. The summed E-state index contributed by atoms with van der Waals surface area (Å²) < 4.78 is 0. The van der Waals surface area contributed by atoms with Crippen molar-refractivity contribution in [2.75, 3.05) is 25.5 Å². The van der Waals surface area contributed by atoms with Crippen molar-refractivity contribution in [1.82, 2.24) is 9.88 Å². The zero-order chi connectivity index (χ0) is 17.8. The van der Waals surface area contributed by atoms with E-state index < -0.39 is 0 Å². The Kier molecular flexibility index (Phi) is 5.04. The van der Waals surface area contributed by atoms with Crippen molar-refractivity contribution in [2.24, 2.45) is 0 Å². The molecule has 1 fully saturated rings. The molecule has 1 saturated heterocycles. The number of aromatic nitrogens is 1. The van der Waals surface area contributed by atoms with Gasteiger partial charge in [-0.3, -0.25) is 4.98 Å². The van der Waals surface area contributed by atoms with Gasteiger partial charge in [0.2, 0.25) is 0 Å². The Morgan fingerprint density at radius 3 is 2.56 bits per heavy atom. The molecular weight excluding hydrogens is 308 g/mol. The fourth-order valence-electron chi connectivity index (χ4n) is 3.43. The fourth-order valence-corrected chi connectivity index (χ4v) is 3.43. The Balaban J connectivity index is 1.65. The van der Waals surface area contributed by atoms with Gasteiger partial charge in [-0.05, 0) is 55.0 Å². The number of hydrogen-bond donors (Lipinski definition) is 1. The van der Waals surface area contributed by atoms with Gasteiger partial charge >= 0.3 is 0 Å². The zero-order valence-electron chi connectivity index (χ0n) is 14.9. The summed E-state index contributed by atoms with van der Waals surface area (Å²) in [5.41, 5.74) is 6.22. The molecule has 1 aromatic heterocycles. The Morgan fingerprint density at radius 2 is 1.96 bits per heavy atom. The van der Waals surface area contributed by atoms with Gasteiger partial charge in [0.25, 0.3) is 0 Å². The van der Waals surface area contributed by atoms with Gasteiger partial charge in [-0.2, -0.15) is 5.26 Å². The van der Waals surface area contributed by atoms with Crippen LogP contribution in [0.25, 0.3) is 5.70 Å². The molecule has 25 heavy (non-hydrogen) atoms. The number of piperidine rings is 1. The normalized spacial score (nSPS) is 14.8. The molecule has 128 valence electrons. The van der Waals surface area contributed by atoms with Crippen molar-refractivity contribution in [2.45, 2.75) is 25.7 Å². The first-order chi connectivity index (χ1) is 12.1. The van der Waals surface area contributed by atoms with Crippen LogP contribution >= 0.6 is 0 Å². The standard InChI is InChI=1S/C21H24N4/c1-15-14-24-21(12-20(15)23-3)16(2)25-10-8-19(9-11-25)18-6-4-17(13-22)5-7-18/h4-7,12,14,19H,2,8-11H2,1,3H3,(H,23,24). The smallest absolute Gasteiger partial charge is 0.0991 e. The minimum atomic E-state index is 0.552. The number of anilines is 1. The molecule has 0 atom stereocenters. The van der Waals surface area contributed by atoms with E-state index in [0.717, 1.165) is 54.1 Å². The van der Waals surface area contributed by atoms with E-state index in [2.05, 4.69) is 53.0 Å². The van der Waals surface area contributed by atoms with Crippen LogP contribution in [0.1, 0.15) is 41.1 Å². The van der Waals surface area contributed by atoms with E-state index >= 15 is 0 Å². The number of nitriles is 1. The average molecular weight is 332 g/mol. The van der Waals surface area contributed by atoms with Crippen LogP contribution in [0.2, 0.25) is 0 Å². The molecule has 2 aromatic rings. The van der Waals surface area contributed by atoms with Gasteiger partial charge in [-0.1, -0.05) is 18.7 Å². The van der Waals surface area contributed by atoms with Crippen LogP contribution in [0.3, 0.4) is 0 Å². The van der Waals surface area contributed by atoms with Gasteiger partial charge in [0.1, 0.15) is 0 Å². The molecule has 1 aliphatic heterocycles. The highest BCUT2D eigenvalue weighted by atomic mass is 15.1. The molecule has 1 N–H and O–H groups in total. The van der Waals surface area contributed by atoms with E-state index in [4.69, 9.17) is 5.26 Å². The van der Waals surface area contributed by atoms with E-state index in [1.54, 1.807) is 0 Å². The summed E-state index contributed by atoms with van der Waals surface area (Å²) in [6.07, 6.45) is 4.08. The molecule has 2 heterocycles. The van der Waals surface area contributed by atoms with E-state index in [1.807, 2.05) is 25.4 Å². The topological polar surface area (TPSA) is 52.0 Å². The Labute approximate surface area is 149 Å². The first-order valence-electron chi connectivity index (χ1n) is 8.71. The first kappa shape index (κ1) is 17.0. The van der Waals surface area contributed by atoms with Gasteiger partial charge in [-0.15, -0.1) is 0 Å². The Hall–Kier alpha value is -2.80. The van der Waals surface area contributed by atoms with Crippen molar-refractivity contribution >= 4 is 11.4 Å². The lowest BCUT2D eigenvalue weighted by Crippen LogP contribution is -2.31. The van der Waals surface area contributed by atoms with E-state index in [-0.39, 0.29) is 0 Å². The highest BCUT2D eigenvalue weighted by Crippen LogP contribution is 2.31. The summed E-state index contributed by atoms with van der Waals surface area (Å²) in [7, 11) is 1.93. The van der Waals surface area contributed by atoms with Crippen molar-refractivity contribution in [1.29, 1.82) is 5.26 Å². The van der Waals surface area contributed by atoms with Crippen LogP contribution in [-0.4, -0.2) is 30.0 Å². The lowest BCUT2D eigenvalue weighted by Gasteiger charge is -2.34. The molecule has 0 saturated carbocycles. The molecule has 0 spiro atoms. The highest BCUT2D eigenvalue weighted by molar-refractivity contribution is 5.64. The maximum Gasteiger partial charge on any atom is 0.0991 e. The quantitative estimate of drug-likeness (QED) is 0.913. The van der Waals surface area contributed by atoms with Crippen LogP contribution in [-0.2, 0) is 0 Å². The molecule has 0 unspecified atom stereocenters. The maximum atomic E-state index is 8.92. The molecule has 1 aliphatic rings. The third-order valence-corrected chi connectivity index (χ3v) is 5.06. The summed E-state index contributed by atoms with van der Waals surface area (Å²) in [5.74, 6) is 0.552. The van der Waals surface area contributed by atoms with Crippen molar-refractivity contribution in [3.05, 3.63) is 65.5 Å². The van der Waals surface area contributed by atoms with Crippen molar-refractivity contribution < 1.29 is 0 Å². The zero-order valence-corrected chi connectivity index (χ0v) is 14.9. The molecule has 4 nitrogen and oxygen atoms in total. The molecule has 0 radical (unpaired) electrons. The number of rotatable bonds is 4. The molecule has 0 aliphatic carbocycles. The second-order valence-corrected chi connectivity index (χ2v) is 6.58. The van der Waals surface area contributed by atoms with Crippen LogP contribution in [0, 0.1) is 18.3 Å². The number of benzene rings is 1. The predicted molar refractivity (Wildman–Crippen MR) is 102 cm³/mol. The van der Waals surface area contributed by atoms with Crippen LogP contribution in [0.15, 0.2) is 43.1 Å². The third-order valence-electron chi connectivity index (χ3n) is 5.06. The lowest BCUT2D eigenvalue weighted by atomic mass is 9.89. The van der Waals surface area contributed by atoms with Crippen LogP contribution < -0.4 is 5.32 Å². The summed E-state index contributed by atoms with van der Waals surface area (Å²) in [5, 5.41) is 12.1. The fraction of sp³-hybridized carbons (Fsp3) is 0.333. The van der Waals surface area contributed by atoms with Crippen molar-refractivity contribution in [3.63, 3.8) is 0 Å². The summed E-state index contributed by atoms with van der Waals surface area (Å²) in [6.45, 7) is 8.28. The third kappa shape index (κ3) is 3.66. The first-order valence-corrected chi connectivity index (χ1v) is 8.71. The monoisotopic (exact) mass is 332 g/mol. The molecule has 0 amide bonds. The van der Waals surface area contributed by atoms with Gasteiger partial charge in [0.15, 0.2) is 0 Å². The second-order valence-electron chi connectivity index (χ2n) is 6.58. The number of likely N-dealkylation sites (tertiary alicyclic amines) is 1. The van der Waals surface area contributed by atoms with Gasteiger partial charge in [0.05, 0.1) is 23.0 Å². The Bertz CT molecular complexity index is 794. The predicted octanol–water partition coefficient (Wildman–Crippen LogP) is 4.15. The molecule has 0 bridgehead atoms. The highest BCUT2D eigenvalue weighted by Gasteiger charge is 2.22. The minimum absolute atomic E-state index is 0.552. The van der Waals surface area contributed by atoms with E-state index in [1.165, 1.54) is 5.56 Å². The van der Waals surface area contributed by atoms with Gasteiger partial charge in [0, 0.05) is 32.0 Å². The van der Waals surface area contributed by atoms with Gasteiger partial charge in [-0.25, -0.2) is 0 Å². The Morgan fingerprint density at radius 1 is 1.28 bits per heavy atom. The van der Waals surface area contributed by atoms with E-state index in [0.29, 0.717) is 5.92 Å². The molecular formula is C21H24N4. The number of nitrogens with zero attached hydrogens (tertiary/aromatic N) is 3. The number of nitrogens with one attached hydrogen (secondary N) is 1. The SMILES string of the molecule is C=C(c1cc(NC)c(C)cn1)N1CCC(c2ccc(C#N)cc2)CC1. The maximum absolute atomic E-state index is 8.92. The van der Waals surface area contributed by atoms with Gasteiger partial charge < -0.3 is 10.2 Å². The van der Waals surface area contributed by atoms with Crippen molar-refractivity contribution in [3.8, 4) is 6.07 Å². The number of pyridine rings is 1. The van der Waals surface area contributed by atoms with Crippen LogP contribution in [0.5, 0.6) is 0 Å². The van der Waals surface area contributed by atoms with E-state index in [9.17, 15) is 0 Å². The lowest BCUT2D eigenvalue weighted by molar-refractivity contribution is 0.298. The summed E-state index contributed by atoms with van der Waals surface area (Å²) >= 11 is 0. The van der Waals surface area contributed by atoms with Crippen LogP contribution in [0.4, 0.5) is 5.69 Å². The number of hydrogen-bond acceptors (Lipinski definition) is 4. The summed E-state index contributed by atoms with van der Waals surface area (Å²) in [6, 6.07) is 12.3. The molecule has 4 heteroatoms. The minimum Gasteiger partial charge on any atom is -0.388 e. The second kappa shape index (κ2) is 7.40. The number of aryl methyl sites for hydroxylation is 1. The molecule has 3 rings (SSSR count). The summed E-state index contributed by atoms with van der Waals surface area (Å²) in [4.78, 5) is 6.88.